The molecular weight excluding hydrogens is 249 g/mol. The molecule has 2 N–H and O–H groups in total. The van der Waals surface area contributed by atoms with Crippen molar-refractivity contribution in [2.75, 3.05) is 0 Å². The summed E-state index contributed by atoms with van der Waals surface area (Å²) in [5.74, 6) is -0.303. The Labute approximate surface area is 111 Å². The first-order valence-electron chi connectivity index (χ1n) is 5.86. The van der Waals surface area contributed by atoms with Gasteiger partial charge >= 0.3 is 0 Å². The molecule has 0 radical (unpaired) electrons. The normalized spacial score (nSPS) is 12.4. The van der Waals surface area contributed by atoms with E-state index >= 15 is 0 Å². The van der Waals surface area contributed by atoms with Crippen LogP contribution in [0.25, 0.3) is 11.1 Å². The van der Waals surface area contributed by atoms with E-state index in [9.17, 15) is 4.39 Å². The number of rotatable bonds is 3. The van der Waals surface area contributed by atoms with Gasteiger partial charge in [-0.15, -0.1) is 0 Å². The number of benzene rings is 2. The van der Waals surface area contributed by atoms with E-state index in [1.54, 1.807) is 12.1 Å². The maximum Gasteiger partial charge on any atom is 0.132 e. The second kappa shape index (κ2) is 5.51. The zero-order valence-electron chi connectivity index (χ0n) is 10.2. The van der Waals surface area contributed by atoms with Gasteiger partial charge in [-0.1, -0.05) is 35.9 Å². The summed E-state index contributed by atoms with van der Waals surface area (Å²) >= 11 is 5.73. The van der Waals surface area contributed by atoms with Gasteiger partial charge in [-0.25, -0.2) is 4.39 Å². The lowest BCUT2D eigenvalue weighted by molar-refractivity contribution is 0.631. The molecule has 2 rings (SSSR count). The van der Waals surface area contributed by atoms with Crippen molar-refractivity contribution < 1.29 is 4.39 Å². The van der Waals surface area contributed by atoms with Crippen molar-refractivity contribution >= 4 is 11.6 Å². The number of hydrogen-bond acceptors (Lipinski definition) is 1. The predicted octanol–water partition coefficient (Wildman–Crippen LogP) is 4.04. The molecule has 1 atom stereocenters. The van der Waals surface area contributed by atoms with Gasteiger partial charge in [-0.2, -0.15) is 0 Å². The minimum Gasteiger partial charge on any atom is -0.328 e. The van der Waals surface area contributed by atoms with Gasteiger partial charge in [0.15, 0.2) is 0 Å². The molecule has 0 aliphatic carbocycles. The summed E-state index contributed by atoms with van der Waals surface area (Å²) < 4.78 is 13.7. The van der Waals surface area contributed by atoms with E-state index in [0.717, 1.165) is 17.5 Å². The quantitative estimate of drug-likeness (QED) is 0.889. The van der Waals surface area contributed by atoms with Gasteiger partial charge in [0, 0.05) is 16.6 Å². The fourth-order valence-electron chi connectivity index (χ4n) is 1.92. The number of hydrogen-bond donors (Lipinski definition) is 1. The molecular formula is C15H15ClFN. The molecule has 94 valence electrons. The molecule has 0 bridgehead atoms. The van der Waals surface area contributed by atoms with Gasteiger partial charge in [0.1, 0.15) is 5.82 Å². The van der Waals surface area contributed by atoms with Gasteiger partial charge in [0.05, 0.1) is 0 Å². The summed E-state index contributed by atoms with van der Waals surface area (Å²) in [7, 11) is 0. The molecule has 0 spiro atoms. The van der Waals surface area contributed by atoms with E-state index in [0.29, 0.717) is 10.6 Å². The summed E-state index contributed by atoms with van der Waals surface area (Å²) in [6.45, 7) is 1.97. The van der Waals surface area contributed by atoms with Crippen LogP contribution in [0.1, 0.15) is 12.5 Å². The van der Waals surface area contributed by atoms with E-state index in [4.69, 9.17) is 17.3 Å². The Morgan fingerprint density at radius 3 is 2.39 bits per heavy atom. The zero-order valence-corrected chi connectivity index (χ0v) is 10.9. The summed E-state index contributed by atoms with van der Waals surface area (Å²) in [5.41, 5.74) is 8.30. The predicted molar refractivity (Wildman–Crippen MR) is 74.2 cm³/mol. The fraction of sp³-hybridized carbons (Fsp3) is 0.200. The van der Waals surface area contributed by atoms with Crippen molar-refractivity contribution in [3.8, 4) is 11.1 Å². The Morgan fingerprint density at radius 2 is 1.83 bits per heavy atom. The number of halogens is 2. The highest BCUT2D eigenvalue weighted by molar-refractivity contribution is 6.30. The molecule has 0 amide bonds. The summed E-state index contributed by atoms with van der Waals surface area (Å²) in [4.78, 5) is 0. The maximum absolute atomic E-state index is 13.7. The van der Waals surface area contributed by atoms with Crippen LogP contribution in [0.4, 0.5) is 4.39 Å². The van der Waals surface area contributed by atoms with Crippen molar-refractivity contribution in [3.05, 3.63) is 58.9 Å². The minimum atomic E-state index is -0.303. The average Bonchev–Trinajstić information content (AvgIpc) is 2.30. The van der Waals surface area contributed by atoms with Crippen LogP contribution in [0, 0.1) is 5.82 Å². The zero-order chi connectivity index (χ0) is 13.1. The molecule has 0 saturated carbocycles. The lowest BCUT2D eigenvalue weighted by Gasteiger charge is -2.07. The van der Waals surface area contributed by atoms with Gasteiger partial charge < -0.3 is 5.73 Å². The van der Waals surface area contributed by atoms with Crippen molar-refractivity contribution in [1.29, 1.82) is 0 Å². The van der Waals surface area contributed by atoms with Gasteiger partial charge in [0.25, 0.3) is 0 Å². The van der Waals surface area contributed by atoms with Crippen LogP contribution < -0.4 is 5.73 Å². The molecule has 0 aliphatic heterocycles. The SMILES string of the molecule is CC(N)Cc1ccc(-c2ccc(Cl)cc2F)cc1. The first kappa shape index (κ1) is 13.1. The smallest absolute Gasteiger partial charge is 0.132 e. The molecule has 2 aromatic rings. The molecule has 0 aliphatic rings. The molecule has 0 saturated heterocycles. The fourth-order valence-corrected chi connectivity index (χ4v) is 2.07. The molecule has 0 fully saturated rings. The van der Waals surface area contributed by atoms with Crippen LogP contribution in [0.5, 0.6) is 0 Å². The highest BCUT2D eigenvalue weighted by atomic mass is 35.5. The van der Waals surface area contributed by atoms with Crippen molar-refractivity contribution in [2.24, 2.45) is 5.73 Å². The van der Waals surface area contributed by atoms with Crippen molar-refractivity contribution in [1.82, 2.24) is 0 Å². The first-order valence-corrected chi connectivity index (χ1v) is 6.24. The van der Waals surface area contributed by atoms with Crippen molar-refractivity contribution in [2.45, 2.75) is 19.4 Å². The average molecular weight is 264 g/mol. The van der Waals surface area contributed by atoms with Crippen LogP contribution in [-0.4, -0.2) is 6.04 Å². The molecule has 1 unspecified atom stereocenters. The summed E-state index contributed by atoms with van der Waals surface area (Å²) in [6.07, 6.45) is 0.823. The third-order valence-corrected chi connectivity index (χ3v) is 2.99. The standard InChI is InChI=1S/C15H15ClFN/c1-10(18)8-11-2-4-12(5-3-11)14-7-6-13(16)9-15(14)17/h2-7,9-10H,8,18H2,1H3. The van der Waals surface area contributed by atoms with E-state index in [-0.39, 0.29) is 11.9 Å². The highest BCUT2D eigenvalue weighted by Gasteiger charge is 2.06. The summed E-state index contributed by atoms with van der Waals surface area (Å²) in [5, 5.41) is 0.407. The molecule has 1 nitrogen and oxygen atoms in total. The van der Waals surface area contributed by atoms with E-state index in [2.05, 4.69) is 0 Å². The second-order valence-electron chi connectivity index (χ2n) is 4.50. The van der Waals surface area contributed by atoms with Gasteiger partial charge in [-0.05, 0) is 42.7 Å². The Bertz CT molecular complexity index is 535. The summed E-state index contributed by atoms with van der Waals surface area (Å²) in [6, 6.07) is 12.6. The van der Waals surface area contributed by atoms with Crippen LogP contribution in [0.3, 0.4) is 0 Å². The molecule has 18 heavy (non-hydrogen) atoms. The third-order valence-electron chi connectivity index (χ3n) is 2.75. The Morgan fingerprint density at radius 1 is 1.17 bits per heavy atom. The number of nitrogens with two attached hydrogens (primary N) is 1. The van der Waals surface area contributed by atoms with Gasteiger partial charge in [0.2, 0.25) is 0 Å². The van der Waals surface area contributed by atoms with Crippen LogP contribution in [-0.2, 0) is 6.42 Å². The lowest BCUT2D eigenvalue weighted by atomic mass is 10.0. The largest absolute Gasteiger partial charge is 0.328 e. The first-order chi connectivity index (χ1) is 8.56. The Balaban J connectivity index is 2.28. The van der Waals surface area contributed by atoms with E-state index in [1.165, 1.54) is 6.07 Å². The topological polar surface area (TPSA) is 26.0 Å². The maximum atomic E-state index is 13.7. The van der Waals surface area contributed by atoms with Crippen molar-refractivity contribution in [3.63, 3.8) is 0 Å². The lowest BCUT2D eigenvalue weighted by Crippen LogP contribution is -2.17. The monoisotopic (exact) mass is 263 g/mol. The molecule has 3 heteroatoms. The Kier molecular flexibility index (Phi) is 4.00. The second-order valence-corrected chi connectivity index (χ2v) is 4.94. The van der Waals surface area contributed by atoms with Crippen LogP contribution in [0.2, 0.25) is 5.02 Å². The highest BCUT2D eigenvalue weighted by Crippen LogP contribution is 2.25. The molecule has 2 aromatic carbocycles. The molecule has 0 heterocycles. The Hall–Kier alpha value is -1.38. The molecule has 0 aromatic heterocycles. The van der Waals surface area contributed by atoms with E-state index < -0.39 is 0 Å². The van der Waals surface area contributed by atoms with E-state index in [1.807, 2.05) is 31.2 Å². The van der Waals surface area contributed by atoms with Crippen LogP contribution >= 0.6 is 11.6 Å². The minimum absolute atomic E-state index is 0.128. The third kappa shape index (κ3) is 3.09. The van der Waals surface area contributed by atoms with Gasteiger partial charge in [-0.3, -0.25) is 0 Å². The van der Waals surface area contributed by atoms with Crippen LogP contribution in [0.15, 0.2) is 42.5 Å².